The number of rotatable bonds is 5. The summed E-state index contributed by atoms with van der Waals surface area (Å²) in [6.45, 7) is 1.61. The number of nitrogens with zero attached hydrogens (tertiary/aromatic N) is 4. The van der Waals surface area contributed by atoms with Gasteiger partial charge in [-0.2, -0.15) is 5.10 Å². The normalized spacial score (nSPS) is 11.3. The van der Waals surface area contributed by atoms with Crippen molar-refractivity contribution >= 4 is 22.6 Å². The van der Waals surface area contributed by atoms with Crippen molar-refractivity contribution in [1.82, 2.24) is 19.3 Å². The van der Waals surface area contributed by atoms with Gasteiger partial charge in [-0.05, 0) is 24.6 Å². The molecular formula is C14H14ClFN4. The van der Waals surface area contributed by atoms with Gasteiger partial charge in [0, 0.05) is 31.5 Å². The molecule has 0 amide bonds. The zero-order chi connectivity index (χ0) is 13.9. The zero-order valence-electron chi connectivity index (χ0n) is 10.8. The summed E-state index contributed by atoms with van der Waals surface area (Å²) in [6, 6.07) is 6.54. The molecule has 3 aromatic rings. The number of hydrogen-bond acceptors (Lipinski definition) is 2. The lowest BCUT2D eigenvalue weighted by Gasteiger charge is -2.07. The molecule has 4 nitrogen and oxygen atoms in total. The lowest BCUT2D eigenvalue weighted by Crippen LogP contribution is -2.06. The second-order valence-electron chi connectivity index (χ2n) is 4.57. The van der Waals surface area contributed by atoms with Gasteiger partial charge in [0.1, 0.15) is 11.6 Å². The first-order chi connectivity index (χ1) is 9.78. The minimum absolute atomic E-state index is 0.278. The number of aryl methyl sites for hydroxylation is 2. The van der Waals surface area contributed by atoms with Crippen molar-refractivity contribution in [1.29, 1.82) is 0 Å². The van der Waals surface area contributed by atoms with Crippen molar-refractivity contribution in [3.63, 3.8) is 0 Å². The molecule has 0 aliphatic heterocycles. The highest BCUT2D eigenvalue weighted by Crippen LogP contribution is 2.19. The molecule has 0 unspecified atom stereocenters. The fraction of sp³-hybridized carbons (Fsp3) is 0.286. The molecule has 0 bridgehead atoms. The molecule has 20 heavy (non-hydrogen) atoms. The summed E-state index contributed by atoms with van der Waals surface area (Å²) in [4.78, 5) is 4.38. The van der Waals surface area contributed by atoms with Crippen molar-refractivity contribution in [3.8, 4) is 0 Å². The van der Waals surface area contributed by atoms with Crippen LogP contribution in [-0.4, -0.2) is 19.3 Å². The van der Waals surface area contributed by atoms with E-state index in [1.165, 1.54) is 12.1 Å². The summed E-state index contributed by atoms with van der Waals surface area (Å²) in [6.07, 6.45) is 4.61. The Labute approximate surface area is 120 Å². The van der Waals surface area contributed by atoms with Crippen LogP contribution in [0, 0.1) is 5.82 Å². The third-order valence-corrected chi connectivity index (χ3v) is 3.48. The van der Waals surface area contributed by atoms with Crippen LogP contribution in [0.1, 0.15) is 12.2 Å². The van der Waals surface area contributed by atoms with E-state index in [4.69, 9.17) is 11.6 Å². The van der Waals surface area contributed by atoms with Gasteiger partial charge in [0.15, 0.2) is 0 Å². The number of imidazole rings is 1. The van der Waals surface area contributed by atoms with Gasteiger partial charge in [0.25, 0.3) is 0 Å². The monoisotopic (exact) mass is 292 g/mol. The molecule has 0 radical (unpaired) electrons. The minimum Gasteiger partial charge on any atom is -0.327 e. The second-order valence-corrected chi connectivity index (χ2v) is 4.84. The van der Waals surface area contributed by atoms with Crippen LogP contribution < -0.4 is 0 Å². The van der Waals surface area contributed by atoms with E-state index in [1.807, 2.05) is 21.5 Å². The highest BCUT2D eigenvalue weighted by atomic mass is 35.5. The molecule has 0 saturated heterocycles. The van der Waals surface area contributed by atoms with E-state index in [-0.39, 0.29) is 5.82 Å². The predicted octanol–water partition coefficient (Wildman–Crippen LogP) is 3.20. The quantitative estimate of drug-likeness (QED) is 0.677. The van der Waals surface area contributed by atoms with Gasteiger partial charge in [0.05, 0.1) is 16.9 Å². The van der Waals surface area contributed by atoms with Crippen molar-refractivity contribution in [2.75, 3.05) is 0 Å². The molecule has 2 aromatic heterocycles. The fourth-order valence-corrected chi connectivity index (χ4v) is 2.53. The van der Waals surface area contributed by atoms with Gasteiger partial charge >= 0.3 is 0 Å². The van der Waals surface area contributed by atoms with Crippen LogP contribution in [-0.2, 0) is 19.0 Å². The molecule has 0 aliphatic carbocycles. The Bertz CT molecular complexity index is 705. The van der Waals surface area contributed by atoms with E-state index in [0.29, 0.717) is 11.4 Å². The molecule has 0 fully saturated rings. The topological polar surface area (TPSA) is 35.6 Å². The van der Waals surface area contributed by atoms with Crippen LogP contribution in [0.25, 0.3) is 11.0 Å². The summed E-state index contributed by atoms with van der Waals surface area (Å²) >= 11 is 5.93. The van der Waals surface area contributed by atoms with Crippen LogP contribution in [0.3, 0.4) is 0 Å². The zero-order valence-corrected chi connectivity index (χ0v) is 11.6. The SMILES string of the molecule is Fc1ccc2c(c1)nc(CCl)n2CCCn1cccn1. The van der Waals surface area contributed by atoms with Crippen LogP contribution >= 0.6 is 11.6 Å². The Morgan fingerprint density at radius 1 is 1.25 bits per heavy atom. The molecule has 0 N–H and O–H groups in total. The molecular weight excluding hydrogens is 279 g/mol. The fourth-order valence-electron chi connectivity index (χ4n) is 2.33. The van der Waals surface area contributed by atoms with E-state index >= 15 is 0 Å². The van der Waals surface area contributed by atoms with Gasteiger partial charge in [0.2, 0.25) is 0 Å². The molecule has 0 aliphatic rings. The van der Waals surface area contributed by atoms with Gasteiger partial charge in [-0.25, -0.2) is 9.37 Å². The third kappa shape index (κ3) is 2.54. The van der Waals surface area contributed by atoms with E-state index in [9.17, 15) is 4.39 Å². The van der Waals surface area contributed by atoms with Gasteiger partial charge in [-0.1, -0.05) is 0 Å². The molecule has 1 aromatic carbocycles. The van der Waals surface area contributed by atoms with Crippen molar-refractivity contribution in [3.05, 3.63) is 48.3 Å². The molecule has 0 saturated carbocycles. The van der Waals surface area contributed by atoms with Crippen molar-refractivity contribution < 1.29 is 4.39 Å². The maximum atomic E-state index is 13.2. The van der Waals surface area contributed by atoms with E-state index in [2.05, 4.69) is 10.1 Å². The number of alkyl halides is 1. The van der Waals surface area contributed by atoms with Gasteiger partial charge in [-0.3, -0.25) is 4.68 Å². The summed E-state index contributed by atoms with van der Waals surface area (Å²) < 4.78 is 17.2. The Balaban J connectivity index is 1.82. The smallest absolute Gasteiger partial charge is 0.125 e. The number of benzene rings is 1. The predicted molar refractivity (Wildman–Crippen MR) is 76.1 cm³/mol. The van der Waals surface area contributed by atoms with Gasteiger partial charge in [-0.15, -0.1) is 11.6 Å². The minimum atomic E-state index is -0.278. The second kappa shape index (κ2) is 5.63. The molecule has 104 valence electrons. The lowest BCUT2D eigenvalue weighted by atomic mass is 10.3. The number of aromatic nitrogens is 4. The standard InChI is InChI=1S/C14H14ClFN4/c15-10-14-18-12-9-11(16)3-4-13(12)20(14)8-2-7-19-6-1-5-17-19/h1,3-6,9H,2,7-8,10H2. The molecule has 6 heteroatoms. The Hall–Kier alpha value is -1.88. The lowest BCUT2D eigenvalue weighted by molar-refractivity contribution is 0.526. The highest BCUT2D eigenvalue weighted by molar-refractivity contribution is 6.16. The molecule has 0 atom stereocenters. The molecule has 0 spiro atoms. The molecule has 2 heterocycles. The maximum absolute atomic E-state index is 13.2. The summed E-state index contributed by atoms with van der Waals surface area (Å²) in [5.74, 6) is 0.811. The Kier molecular flexibility index (Phi) is 3.69. The van der Waals surface area contributed by atoms with E-state index in [1.54, 1.807) is 12.3 Å². The summed E-state index contributed by atoms with van der Waals surface area (Å²) in [5, 5.41) is 4.17. The number of halogens is 2. The van der Waals surface area contributed by atoms with Crippen LogP contribution in [0.5, 0.6) is 0 Å². The number of fused-ring (bicyclic) bond motifs is 1. The van der Waals surface area contributed by atoms with Crippen LogP contribution in [0.4, 0.5) is 4.39 Å². The first-order valence-corrected chi connectivity index (χ1v) is 6.99. The highest BCUT2D eigenvalue weighted by Gasteiger charge is 2.10. The first-order valence-electron chi connectivity index (χ1n) is 6.46. The Morgan fingerprint density at radius 2 is 2.15 bits per heavy atom. The average molecular weight is 293 g/mol. The summed E-state index contributed by atoms with van der Waals surface area (Å²) in [5.41, 5.74) is 1.57. The third-order valence-electron chi connectivity index (χ3n) is 3.24. The largest absolute Gasteiger partial charge is 0.327 e. The van der Waals surface area contributed by atoms with Crippen molar-refractivity contribution in [2.45, 2.75) is 25.4 Å². The van der Waals surface area contributed by atoms with E-state index in [0.717, 1.165) is 30.9 Å². The van der Waals surface area contributed by atoms with Crippen LogP contribution in [0.15, 0.2) is 36.7 Å². The number of hydrogen-bond donors (Lipinski definition) is 0. The van der Waals surface area contributed by atoms with E-state index < -0.39 is 0 Å². The maximum Gasteiger partial charge on any atom is 0.125 e. The van der Waals surface area contributed by atoms with Crippen LogP contribution in [0.2, 0.25) is 0 Å². The average Bonchev–Trinajstić information content (AvgIpc) is 3.06. The first kappa shape index (κ1) is 13.1. The molecule has 3 rings (SSSR count). The summed E-state index contributed by atoms with van der Waals surface area (Å²) in [7, 11) is 0. The Morgan fingerprint density at radius 3 is 2.90 bits per heavy atom. The van der Waals surface area contributed by atoms with Gasteiger partial charge < -0.3 is 4.57 Å². The van der Waals surface area contributed by atoms with Crippen molar-refractivity contribution in [2.24, 2.45) is 0 Å².